The number of carbonyl (C=O) groups is 1. The highest BCUT2D eigenvalue weighted by atomic mass is 35.5. The highest BCUT2D eigenvalue weighted by Gasteiger charge is 2.20. The third-order valence-corrected chi connectivity index (χ3v) is 4.37. The summed E-state index contributed by atoms with van der Waals surface area (Å²) in [6, 6.07) is 14.0. The molecular weight excluding hydrogens is 378 g/mol. The van der Waals surface area contributed by atoms with Gasteiger partial charge < -0.3 is 5.11 Å². The number of hydrogen-bond donors (Lipinski definition) is 1. The molecule has 0 saturated heterocycles. The summed E-state index contributed by atoms with van der Waals surface area (Å²) in [5.74, 6) is -1.13. The molecule has 4 rings (SSSR count). The van der Waals surface area contributed by atoms with E-state index in [0.29, 0.717) is 44.4 Å². The van der Waals surface area contributed by atoms with Gasteiger partial charge in [0.25, 0.3) is 0 Å². The van der Waals surface area contributed by atoms with E-state index in [4.69, 9.17) is 11.6 Å². The van der Waals surface area contributed by atoms with Crippen LogP contribution in [0.5, 0.6) is 0 Å². The number of benzene rings is 1. The van der Waals surface area contributed by atoms with Crippen molar-refractivity contribution in [2.45, 2.75) is 6.92 Å². The lowest BCUT2D eigenvalue weighted by atomic mass is 10.00. The van der Waals surface area contributed by atoms with Crippen molar-refractivity contribution < 1.29 is 9.90 Å². The van der Waals surface area contributed by atoms with Gasteiger partial charge in [0.15, 0.2) is 11.3 Å². The van der Waals surface area contributed by atoms with Crippen molar-refractivity contribution in [3.63, 3.8) is 0 Å². The third kappa shape index (κ3) is 3.06. The van der Waals surface area contributed by atoms with Crippen molar-refractivity contribution in [3.8, 4) is 28.5 Å². The number of halogens is 1. The number of aryl methyl sites for hydroxylation is 1. The smallest absolute Gasteiger partial charge is 0.354 e. The monoisotopic (exact) mass is 389 g/mol. The van der Waals surface area contributed by atoms with E-state index in [1.807, 2.05) is 19.1 Å². The molecule has 0 aliphatic carbocycles. The van der Waals surface area contributed by atoms with E-state index >= 15 is 0 Å². The molecule has 8 heteroatoms. The molecule has 136 valence electrons. The van der Waals surface area contributed by atoms with Crippen LogP contribution >= 0.6 is 11.6 Å². The summed E-state index contributed by atoms with van der Waals surface area (Å²) >= 11 is 6.15. The number of nitrogens with zero attached hydrogens (tertiary/aromatic N) is 5. The molecule has 0 aliphatic heterocycles. The van der Waals surface area contributed by atoms with Crippen LogP contribution in [0.1, 0.15) is 21.7 Å². The van der Waals surface area contributed by atoms with Crippen LogP contribution in [0.2, 0.25) is 5.15 Å². The molecule has 0 amide bonds. The summed E-state index contributed by atoms with van der Waals surface area (Å²) in [6.07, 6.45) is 1.54. The summed E-state index contributed by atoms with van der Waals surface area (Å²) in [7, 11) is 0. The fourth-order valence-corrected chi connectivity index (χ4v) is 3.28. The van der Waals surface area contributed by atoms with Crippen LogP contribution < -0.4 is 0 Å². The Morgan fingerprint density at radius 1 is 1.18 bits per heavy atom. The highest BCUT2D eigenvalue weighted by molar-refractivity contribution is 6.29. The van der Waals surface area contributed by atoms with Crippen LogP contribution in [0, 0.1) is 18.3 Å². The standard InChI is InChI=1S/C20H12ClN5O2/c1-11-7-14(9-16(21)23-11)17-18(13-4-2-3-12(8-13)10-22)25-26-6-5-15(20(27)28)24-19(17)26/h2-9H,1H3,(H,27,28). The van der Waals surface area contributed by atoms with Crippen LogP contribution in [0.4, 0.5) is 0 Å². The molecule has 28 heavy (non-hydrogen) atoms. The van der Waals surface area contributed by atoms with E-state index in [1.165, 1.54) is 10.6 Å². The van der Waals surface area contributed by atoms with Crippen LogP contribution in [0.3, 0.4) is 0 Å². The second-order valence-corrected chi connectivity index (χ2v) is 6.51. The summed E-state index contributed by atoms with van der Waals surface area (Å²) < 4.78 is 1.51. The number of fused-ring (bicyclic) bond motifs is 1. The largest absolute Gasteiger partial charge is 0.477 e. The third-order valence-electron chi connectivity index (χ3n) is 4.18. The molecule has 0 aliphatic rings. The minimum absolute atomic E-state index is 0.0946. The van der Waals surface area contributed by atoms with Gasteiger partial charge in [0.05, 0.1) is 17.2 Å². The van der Waals surface area contributed by atoms with Crippen molar-refractivity contribution in [2.24, 2.45) is 0 Å². The average molecular weight is 390 g/mol. The zero-order valence-corrected chi connectivity index (χ0v) is 15.3. The molecule has 3 aromatic heterocycles. The van der Waals surface area contributed by atoms with Gasteiger partial charge in [-0.1, -0.05) is 23.7 Å². The van der Waals surface area contributed by atoms with Crippen LogP contribution in [-0.2, 0) is 0 Å². The Morgan fingerprint density at radius 3 is 2.71 bits per heavy atom. The number of aromatic carboxylic acids is 1. The molecule has 0 saturated carbocycles. The summed E-state index contributed by atoms with van der Waals surface area (Å²) in [6.45, 7) is 1.81. The van der Waals surface area contributed by atoms with Crippen molar-refractivity contribution in [3.05, 3.63) is 70.8 Å². The van der Waals surface area contributed by atoms with Crippen LogP contribution in [0.15, 0.2) is 48.7 Å². The lowest BCUT2D eigenvalue weighted by molar-refractivity contribution is 0.0690. The Kier molecular flexibility index (Phi) is 4.26. The van der Waals surface area contributed by atoms with E-state index in [2.05, 4.69) is 21.1 Å². The Morgan fingerprint density at radius 2 is 2.00 bits per heavy atom. The van der Waals surface area contributed by atoms with Gasteiger partial charge in [-0.05, 0) is 42.8 Å². The van der Waals surface area contributed by atoms with E-state index < -0.39 is 5.97 Å². The van der Waals surface area contributed by atoms with Gasteiger partial charge in [0.1, 0.15) is 10.8 Å². The molecule has 0 radical (unpaired) electrons. The first-order valence-corrected chi connectivity index (χ1v) is 8.62. The van der Waals surface area contributed by atoms with Crippen molar-refractivity contribution in [1.29, 1.82) is 5.26 Å². The summed E-state index contributed by atoms with van der Waals surface area (Å²) in [5.41, 5.74) is 4.07. The van der Waals surface area contributed by atoms with Crippen molar-refractivity contribution in [2.75, 3.05) is 0 Å². The minimum atomic E-state index is -1.13. The number of rotatable bonds is 3. The maximum Gasteiger partial charge on any atom is 0.354 e. The maximum atomic E-state index is 11.4. The Bertz CT molecular complexity index is 1270. The number of hydrogen-bond acceptors (Lipinski definition) is 5. The zero-order valence-electron chi connectivity index (χ0n) is 14.6. The minimum Gasteiger partial charge on any atom is -0.477 e. The molecule has 4 aromatic rings. The summed E-state index contributed by atoms with van der Waals surface area (Å²) in [5, 5.41) is 23.4. The first-order valence-electron chi connectivity index (χ1n) is 8.24. The van der Waals surface area contributed by atoms with Gasteiger partial charge in [0.2, 0.25) is 0 Å². The topological polar surface area (TPSA) is 104 Å². The molecule has 7 nitrogen and oxygen atoms in total. The molecule has 3 heterocycles. The van der Waals surface area contributed by atoms with Gasteiger partial charge in [-0.25, -0.2) is 19.3 Å². The molecule has 0 fully saturated rings. The molecule has 0 bridgehead atoms. The van der Waals surface area contributed by atoms with E-state index in [9.17, 15) is 15.2 Å². The van der Waals surface area contributed by atoms with Crippen molar-refractivity contribution >= 4 is 23.2 Å². The molecule has 0 unspecified atom stereocenters. The average Bonchev–Trinajstić information content (AvgIpc) is 3.06. The number of pyridine rings is 1. The van der Waals surface area contributed by atoms with Gasteiger partial charge in [-0.3, -0.25) is 0 Å². The SMILES string of the molecule is Cc1cc(-c2c(-c3cccc(C#N)c3)nn3ccc(C(=O)O)nc23)cc(Cl)n1. The number of nitriles is 1. The lowest BCUT2D eigenvalue weighted by Gasteiger charge is -2.06. The fraction of sp³-hybridized carbons (Fsp3) is 0.0500. The normalized spacial score (nSPS) is 10.8. The predicted molar refractivity (Wildman–Crippen MR) is 103 cm³/mol. The lowest BCUT2D eigenvalue weighted by Crippen LogP contribution is -2.02. The molecule has 1 aromatic carbocycles. The Labute approximate surface area is 164 Å². The highest BCUT2D eigenvalue weighted by Crippen LogP contribution is 2.35. The van der Waals surface area contributed by atoms with E-state index in [-0.39, 0.29) is 5.69 Å². The zero-order chi connectivity index (χ0) is 19.8. The van der Waals surface area contributed by atoms with Gasteiger partial charge in [-0.15, -0.1) is 0 Å². The molecule has 1 N–H and O–H groups in total. The van der Waals surface area contributed by atoms with Crippen molar-refractivity contribution in [1.82, 2.24) is 19.6 Å². The fourth-order valence-electron chi connectivity index (χ4n) is 3.02. The maximum absolute atomic E-state index is 11.4. The molecular formula is C20H12ClN5O2. The van der Waals surface area contributed by atoms with Crippen LogP contribution in [0.25, 0.3) is 28.0 Å². The van der Waals surface area contributed by atoms with Gasteiger partial charge >= 0.3 is 5.97 Å². The summed E-state index contributed by atoms with van der Waals surface area (Å²) in [4.78, 5) is 19.9. The second kappa shape index (κ2) is 6.76. The Hall–Kier alpha value is -3.76. The quantitative estimate of drug-likeness (QED) is 0.531. The first kappa shape index (κ1) is 17.6. The van der Waals surface area contributed by atoms with Crippen LogP contribution in [-0.4, -0.2) is 30.7 Å². The molecule has 0 atom stereocenters. The van der Waals surface area contributed by atoms with E-state index in [1.54, 1.807) is 30.5 Å². The molecule has 0 spiro atoms. The van der Waals surface area contributed by atoms with Gasteiger partial charge in [-0.2, -0.15) is 10.4 Å². The first-order chi connectivity index (χ1) is 13.5. The second-order valence-electron chi connectivity index (χ2n) is 6.12. The van der Waals surface area contributed by atoms with Gasteiger partial charge in [0, 0.05) is 17.5 Å². The number of aromatic nitrogens is 4. The van der Waals surface area contributed by atoms with E-state index in [0.717, 1.165) is 0 Å². The number of carboxylic acids is 1. The Balaban J connectivity index is 2.09. The number of carboxylic acid groups (broad SMARTS) is 1. The predicted octanol–water partition coefficient (Wildman–Crippen LogP) is 3.99.